The molecule has 0 aliphatic rings. The summed E-state index contributed by atoms with van der Waals surface area (Å²) in [7, 11) is 1.70. The molecule has 0 bridgehead atoms. The number of hydrogen-bond acceptors (Lipinski definition) is 4. The molecule has 0 heterocycles. The monoisotopic (exact) mass is 550 g/mol. The van der Waals surface area contributed by atoms with Crippen LogP contribution in [-0.4, -0.2) is 34.3 Å². The first-order chi connectivity index (χ1) is 14.0. The summed E-state index contributed by atoms with van der Waals surface area (Å²) >= 11 is 2.24. The maximum absolute atomic E-state index is 10.6. The van der Waals surface area contributed by atoms with Gasteiger partial charge in [-0.25, -0.2) is 0 Å². The number of benzene rings is 1. The molecule has 1 rings (SSSR count). The first kappa shape index (κ1) is 27.7. The second kappa shape index (κ2) is 13.3. The molecule has 0 saturated carbocycles. The molecule has 0 unspecified atom stereocenters. The highest BCUT2D eigenvalue weighted by molar-refractivity contribution is 14.1. The predicted octanol–water partition coefficient (Wildman–Crippen LogP) is 7.48. The average Bonchev–Trinajstić information content (AvgIpc) is 2.68. The molecule has 0 radical (unpaired) electrons. The summed E-state index contributed by atoms with van der Waals surface area (Å²) < 4.78 is 17.9. The van der Waals surface area contributed by atoms with Crippen LogP contribution in [0.5, 0.6) is 11.5 Å². The summed E-state index contributed by atoms with van der Waals surface area (Å²) in [5, 5.41) is 10.9. The summed E-state index contributed by atoms with van der Waals surface area (Å²) in [4.78, 5) is 0. The maximum Gasteiger partial charge on any atom is 0.191 e. The van der Waals surface area contributed by atoms with E-state index in [9.17, 15) is 5.11 Å². The summed E-state index contributed by atoms with van der Waals surface area (Å²) in [6.45, 7) is 12.4. The van der Waals surface area contributed by atoms with Crippen LogP contribution in [0.2, 0.25) is 18.1 Å². The normalized spacial score (nSPS) is 13.4. The first-order valence-corrected chi connectivity index (χ1v) is 15.3. The molecule has 1 N–H and O–H groups in total. The van der Waals surface area contributed by atoms with Gasteiger partial charge in [0, 0.05) is 18.2 Å². The van der Waals surface area contributed by atoms with E-state index in [-0.39, 0.29) is 0 Å². The molecular formula is C24H43IO4Si. The molecule has 0 amide bonds. The van der Waals surface area contributed by atoms with Crippen LogP contribution in [0, 0.1) is 3.57 Å². The lowest BCUT2D eigenvalue weighted by Gasteiger charge is -2.36. The van der Waals surface area contributed by atoms with E-state index in [1.165, 1.54) is 32.1 Å². The summed E-state index contributed by atoms with van der Waals surface area (Å²) in [5.74, 6) is 1.47. The number of ether oxygens (including phenoxy) is 2. The lowest BCUT2D eigenvalue weighted by molar-refractivity contribution is 0.161. The zero-order valence-electron chi connectivity index (χ0n) is 20.1. The Morgan fingerprint density at radius 2 is 1.50 bits per heavy atom. The molecule has 30 heavy (non-hydrogen) atoms. The second-order valence-corrected chi connectivity index (χ2v) is 15.5. The molecule has 0 fully saturated rings. The van der Waals surface area contributed by atoms with Gasteiger partial charge in [-0.05, 0) is 59.6 Å². The topological polar surface area (TPSA) is 47.9 Å². The molecular weight excluding hydrogens is 507 g/mol. The minimum absolute atomic E-state index is 0.297. The summed E-state index contributed by atoms with van der Waals surface area (Å²) in [6, 6.07) is 3.77. The Kier molecular flexibility index (Phi) is 12.3. The van der Waals surface area contributed by atoms with Gasteiger partial charge in [0.25, 0.3) is 0 Å². The first-order valence-electron chi connectivity index (χ1n) is 11.3. The van der Waals surface area contributed by atoms with Crippen LogP contribution >= 0.6 is 22.6 Å². The van der Waals surface area contributed by atoms with Gasteiger partial charge in [0.1, 0.15) is 11.5 Å². The van der Waals surface area contributed by atoms with Gasteiger partial charge >= 0.3 is 0 Å². The number of halogens is 1. The smallest absolute Gasteiger partial charge is 0.191 e. The fourth-order valence-electron chi connectivity index (χ4n) is 3.12. The zero-order chi connectivity index (χ0) is 22.8. The Balaban J connectivity index is 2.20. The lowest BCUT2D eigenvalue weighted by atomic mass is 10.0. The third-order valence-corrected chi connectivity index (χ3v) is 11.9. The average molecular weight is 551 g/mol. The van der Waals surface area contributed by atoms with Gasteiger partial charge < -0.3 is 19.0 Å². The second-order valence-electron chi connectivity index (χ2n) is 9.62. The van der Waals surface area contributed by atoms with Crippen molar-refractivity contribution in [2.75, 3.05) is 20.8 Å². The number of hydrogen-bond donors (Lipinski definition) is 1. The molecule has 0 aliphatic heterocycles. The zero-order valence-corrected chi connectivity index (χ0v) is 23.3. The van der Waals surface area contributed by atoms with Crippen LogP contribution in [0.25, 0.3) is 0 Å². The molecule has 0 saturated heterocycles. The predicted molar refractivity (Wildman–Crippen MR) is 137 cm³/mol. The Labute approximate surface area is 199 Å². The minimum Gasteiger partial charge on any atom is -0.497 e. The third-order valence-electron chi connectivity index (χ3n) is 6.25. The largest absolute Gasteiger partial charge is 0.497 e. The minimum atomic E-state index is -1.59. The van der Waals surface area contributed by atoms with Crippen LogP contribution in [0.3, 0.4) is 0 Å². The maximum atomic E-state index is 10.6. The van der Waals surface area contributed by atoms with E-state index >= 15 is 0 Å². The standard InChI is InChI=1S/C24H43IO4Si/c1-24(2,3)30(6,7)29-16-14-12-10-8-9-11-13-15-21(26)20-17-19(27-4)18-22(28-5)23(20)25/h17-18,21,26H,8-16H2,1-7H3/t21-/m1/s1. The summed E-state index contributed by atoms with van der Waals surface area (Å²) in [6.07, 6.45) is 8.67. The fraction of sp³-hybridized carbons (Fsp3) is 0.750. The SMILES string of the molecule is COc1cc(OC)c(I)c([C@H](O)CCCCCCCCCO[Si](C)(C)C(C)(C)C)c1. The number of rotatable bonds is 14. The van der Waals surface area contributed by atoms with Crippen LogP contribution in [0.15, 0.2) is 12.1 Å². The molecule has 0 aromatic heterocycles. The fourth-order valence-corrected chi connectivity index (χ4v) is 5.10. The van der Waals surface area contributed by atoms with Crippen molar-refractivity contribution in [1.29, 1.82) is 0 Å². The molecule has 6 heteroatoms. The van der Waals surface area contributed by atoms with Crippen molar-refractivity contribution in [3.05, 3.63) is 21.3 Å². The highest BCUT2D eigenvalue weighted by atomic mass is 127. The van der Waals surface area contributed by atoms with Crippen LogP contribution < -0.4 is 9.47 Å². The number of aliphatic hydroxyl groups is 1. The third kappa shape index (κ3) is 9.05. The van der Waals surface area contributed by atoms with Crippen molar-refractivity contribution in [1.82, 2.24) is 0 Å². The van der Waals surface area contributed by atoms with Crippen molar-refractivity contribution < 1.29 is 19.0 Å². The molecule has 1 atom stereocenters. The van der Waals surface area contributed by atoms with E-state index < -0.39 is 14.4 Å². The van der Waals surface area contributed by atoms with Crippen LogP contribution in [0.1, 0.15) is 83.8 Å². The highest BCUT2D eigenvalue weighted by Gasteiger charge is 2.36. The molecule has 0 spiro atoms. The molecule has 4 nitrogen and oxygen atoms in total. The molecule has 1 aromatic rings. The van der Waals surface area contributed by atoms with Crippen molar-refractivity contribution in [3.8, 4) is 11.5 Å². The van der Waals surface area contributed by atoms with Crippen molar-refractivity contribution >= 4 is 30.9 Å². The van der Waals surface area contributed by atoms with E-state index in [4.69, 9.17) is 13.9 Å². The van der Waals surface area contributed by atoms with Gasteiger partial charge in [-0.1, -0.05) is 59.3 Å². The van der Waals surface area contributed by atoms with Crippen molar-refractivity contribution in [2.24, 2.45) is 0 Å². The summed E-state index contributed by atoms with van der Waals surface area (Å²) in [5.41, 5.74) is 0.897. The van der Waals surface area contributed by atoms with E-state index in [0.717, 1.165) is 46.5 Å². The van der Waals surface area contributed by atoms with Crippen molar-refractivity contribution in [2.45, 2.75) is 96.4 Å². The molecule has 174 valence electrons. The Morgan fingerprint density at radius 3 is 2.03 bits per heavy atom. The van der Waals surface area contributed by atoms with E-state index in [0.29, 0.717) is 5.04 Å². The van der Waals surface area contributed by atoms with Crippen LogP contribution in [-0.2, 0) is 4.43 Å². The number of unbranched alkanes of at least 4 members (excludes halogenated alkanes) is 6. The van der Waals surface area contributed by atoms with E-state index in [1.54, 1.807) is 14.2 Å². The van der Waals surface area contributed by atoms with Gasteiger partial charge in [-0.3, -0.25) is 0 Å². The Hall–Kier alpha value is -0.313. The van der Waals surface area contributed by atoms with Gasteiger partial charge in [0.2, 0.25) is 0 Å². The molecule has 0 aliphatic carbocycles. The van der Waals surface area contributed by atoms with Gasteiger partial charge in [-0.15, -0.1) is 0 Å². The Bertz CT molecular complexity index is 628. The van der Waals surface area contributed by atoms with Gasteiger partial charge in [-0.2, -0.15) is 0 Å². The van der Waals surface area contributed by atoms with Crippen molar-refractivity contribution in [3.63, 3.8) is 0 Å². The van der Waals surface area contributed by atoms with E-state index in [2.05, 4.69) is 56.5 Å². The molecule has 1 aromatic carbocycles. The quantitative estimate of drug-likeness (QED) is 0.148. The Morgan fingerprint density at radius 1 is 0.933 bits per heavy atom. The highest BCUT2D eigenvalue weighted by Crippen LogP contribution is 2.37. The van der Waals surface area contributed by atoms with E-state index in [1.807, 2.05) is 12.1 Å². The van der Waals surface area contributed by atoms with Crippen LogP contribution in [0.4, 0.5) is 0 Å². The van der Waals surface area contributed by atoms with Gasteiger partial charge in [0.05, 0.1) is 23.9 Å². The number of aliphatic hydroxyl groups excluding tert-OH is 1. The lowest BCUT2D eigenvalue weighted by Crippen LogP contribution is -2.40. The van der Waals surface area contributed by atoms with Gasteiger partial charge in [0.15, 0.2) is 8.32 Å². The number of methoxy groups -OCH3 is 2.